The van der Waals surface area contributed by atoms with Gasteiger partial charge < -0.3 is 10.2 Å². The van der Waals surface area contributed by atoms with E-state index in [4.69, 9.17) is 0 Å². The maximum atomic E-state index is 11.5. The van der Waals surface area contributed by atoms with Crippen LogP contribution in [0.4, 0.5) is 0 Å². The highest BCUT2D eigenvalue weighted by Crippen LogP contribution is 2.07. The minimum absolute atomic E-state index is 0.0432. The molecule has 0 atom stereocenters. The number of nitrogens with one attached hydrogen (secondary N) is 1. The lowest BCUT2D eigenvalue weighted by Gasteiger charge is -2.32. The summed E-state index contributed by atoms with van der Waals surface area (Å²) in [5.41, 5.74) is 0.0432. The molecule has 0 aromatic carbocycles. The van der Waals surface area contributed by atoms with Crippen molar-refractivity contribution in [2.24, 2.45) is 0 Å². The zero-order valence-electron chi connectivity index (χ0n) is 11.4. The highest BCUT2D eigenvalue weighted by atomic mass is 32.2. The molecule has 5 heteroatoms. The summed E-state index contributed by atoms with van der Waals surface area (Å²) in [5.74, 6) is 0.216. The number of hydrogen-bond acceptors (Lipinski definition) is 4. The van der Waals surface area contributed by atoms with Gasteiger partial charge in [0.15, 0.2) is 9.84 Å². The average molecular weight is 250 g/mol. The van der Waals surface area contributed by atoms with E-state index in [0.29, 0.717) is 6.54 Å². The summed E-state index contributed by atoms with van der Waals surface area (Å²) in [5, 5.41) is 2.92. The van der Waals surface area contributed by atoms with E-state index in [-0.39, 0.29) is 16.5 Å². The molecule has 0 heterocycles. The highest BCUT2D eigenvalue weighted by Gasteiger charge is 2.20. The monoisotopic (exact) mass is 250 g/mol. The number of rotatable bonds is 7. The number of likely N-dealkylation sites (N-methyl/N-ethyl adjacent to an activating group) is 1. The lowest BCUT2D eigenvalue weighted by Crippen LogP contribution is -2.47. The SMILES string of the molecule is CC(C)S(=O)(=O)CCNCC(C)(C)N(C)C. The van der Waals surface area contributed by atoms with Gasteiger partial charge in [0.05, 0.1) is 11.0 Å². The molecular formula is C11H26N2O2S. The van der Waals surface area contributed by atoms with E-state index in [2.05, 4.69) is 24.1 Å². The Morgan fingerprint density at radius 3 is 2.12 bits per heavy atom. The van der Waals surface area contributed by atoms with Crippen molar-refractivity contribution >= 4 is 9.84 Å². The molecule has 0 aliphatic carbocycles. The van der Waals surface area contributed by atoms with Crippen molar-refractivity contribution in [3.05, 3.63) is 0 Å². The normalized spacial score (nSPS) is 13.8. The fourth-order valence-electron chi connectivity index (χ4n) is 1.00. The van der Waals surface area contributed by atoms with Crippen molar-refractivity contribution < 1.29 is 8.42 Å². The largest absolute Gasteiger partial charge is 0.314 e. The van der Waals surface area contributed by atoms with Gasteiger partial charge in [0.25, 0.3) is 0 Å². The van der Waals surface area contributed by atoms with E-state index in [1.54, 1.807) is 13.8 Å². The second-order valence-corrected chi connectivity index (χ2v) is 7.98. The topological polar surface area (TPSA) is 49.4 Å². The standard InChI is InChI=1S/C11H26N2O2S/c1-10(2)16(14,15)8-7-12-9-11(3,4)13(5)6/h10,12H,7-9H2,1-6H3. The molecule has 0 aromatic rings. The predicted molar refractivity (Wildman–Crippen MR) is 69.6 cm³/mol. The molecule has 0 rings (SSSR count). The third-order valence-electron chi connectivity index (χ3n) is 3.05. The van der Waals surface area contributed by atoms with Crippen LogP contribution < -0.4 is 5.32 Å². The van der Waals surface area contributed by atoms with Gasteiger partial charge in [0.2, 0.25) is 0 Å². The van der Waals surface area contributed by atoms with Gasteiger partial charge in [0.1, 0.15) is 0 Å². The van der Waals surface area contributed by atoms with Crippen LogP contribution in [-0.2, 0) is 9.84 Å². The van der Waals surface area contributed by atoms with Crippen LogP contribution in [-0.4, -0.2) is 57.0 Å². The first-order valence-electron chi connectivity index (χ1n) is 5.69. The van der Waals surface area contributed by atoms with E-state index in [9.17, 15) is 8.42 Å². The molecule has 98 valence electrons. The number of hydrogen-bond donors (Lipinski definition) is 1. The fraction of sp³-hybridized carbons (Fsp3) is 1.00. The van der Waals surface area contributed by atoms with E-state index < -0.39 is 9.84 Å². The third kappa shape index (κ3) is 5.27. The van der Waals surface area contributed by atoms with Gasteiger partial charge >= 0.3 is 0 Å². The molecule has 0 aliphatic heterocycles. The van der Waals surface area contributed by atoms with Crippen LogP contribution in [0.25, 0.3) is 0 Å². The van der Waals surface area contributed by atoms with Crippen molar-refractivity contribution in [2.75, 3.05) is 32.9 Å². The Balaban J connectivity index is 3.95. The minimum Gasteiger partial charge on any atom is -0.314 e. The van der Waals surface area contributed by atoms with Gasteiger partial charge in [0, 0.05) is 18.6 Å². The molecule has 1 N–H and O–H groups in total. The first-order valence-corrected chi connectivity index (χ1v) is 7.41. The molecule has 16 heavy (non-hydrogen) atoms. The molecule has 0 unspecified atom stereocenters. The Bertz CT molecular complexity index is 295. The summed E-state index contributed by atoms with van der Waals surface area (Å²) in [6.07, 6.45) is 0. The molecule has 0 aromatic heterocycles. The molecule has 0 amide bonds. The summed E-state index contributed by atoms with van der Waals surface area (Å²) in [6.45, 7) is 9.00. The Morgan fingerprint density at radius 2 is 1.75 bits per heavy atom. The van der Waals surface area contributed by atoms with Crippen LogP contribution in [0.5, 0.6) is 0 Å². The first-order chi connectivity index (χ1) is 7.09. The van der Waals surface area contributed by atoms with Crippen LogP contribution >= 0.6 is 0 Å². The maximum absolute atomic E-state index is 11.5. The quantitative estimate of drug-likeness (QED) is 0.677. The van der Waals surface area contributed by atoms with Crippen LogP contribution in [0.2, 0.25) is 0 Å². The summed E-state index contributed by atoms with van der Waals surface area (Å²) in [4.78, 5) is 2.12. The van der Waals surface area contributed by atoms with Crippen molar-refractivity contribution in [1.29, 1.82) is 0 Å². The molecule has 0 saturated carbocycles. The van der Waals surface area contributed by atoms with E-state index >= 15 is 0 Å². The highest BCUT2D eigenvalue weighted by molar-refractivity contribution is 7.92. The van der Waals surface area contributed by atoms with Crippen molar-refractivity contribution in [1.82, 2.24) is 10.2 Å². The zero-order chi connectivity index (χ0) is 13.0. The van der Waals surface area contributed by atoms with Crippen LogP contribution in [0.15, 0.2) is 0 Å². The predicted octanol–water partition coefficient (Wildman–Crippen LogP) is 0.739. The third-order valence-corrected chi connectivity index (χ3v) is 5.26. The summed E-state index contributed by atoms with van der Waals surface area (Å²) in [6, 6.07) is 0. The maximum Gasteiger partial charge on any atom is 0.153 e. The lowest BCUT2D eigenvalue weighted by molar-refractivity contribution is 0.191. The zero-order valence-corrected chi connectivity index (χ0v) is 12.2. The summed E-state index contributed by atoms with van der Waals surface area (Å²) in [7, 11) is 1.13. The van der Waals surface area contributed by atoms with Gasteiger partial charge in [-0.05, 0) is 41.8 Å². The Kier molecular flexibility index (Phi) is 5.93. The second-order valence-electron chi connectivity index (χ2n) is 5.30. The van der Waals surface area contributed by atoms with Crippen molar-refractivity contribution in [2.45, 2.75) is 38.5 Å². The van der Waals surface area contributed by atoms with E-state index in [1.165, 1.54) is 0 Å². The van der Waals surface area contributed by atoms with Gasteiger partial charge in [-0.2, -0.15) is 0 Å². The molecule has 0 saturated heterocycles. The molecule has 4 nitrogen and oxygen atoms in total. The van der Waals surface area contributed by atoms with E-state index in [1.807, 2.05) is 14.1 Å². The number of sulfone groups is 1. The smallest absolute Gasteiger partial charge is 0.153 e. The average Bonchev–Trinajstić information content (AvgIpc) is 2.12. The first kappa shape index (κ1) is 15.9. The lowest BCUT2D eigenvalue weighted by atomic mass is 10.0. The van der Waals surface area contributed by atoms with Crippen LogP contribution in [0.3, 0.4) is 0 Å². The summed E-state index contributed by atoms with van der Waals surface area (Å²) < 4.78 is 23.1. The molecule has 0 aliphatic rings. The van der Waals surface area contributed by atoms with Crippen LogP contribution in [0.1, 0.15) is 27.7 Å². The molecule has 0 fully saturated rings. The number of nitrogens with zero attached hydrogens (tertiary/aromatic N) is 1. The van der Waals surface area contributed by atoms with Crippen molar-refractivity contribution in [3.8, 4) is 0 Å². The van der Waals surface area contributed by atoms with Gasteiger partial charge in [-0.1, -0.05) is 0 Å². The second kappa shape index (κ2) is 5.98. The Hall–Kier alpha value is -0.130. The van der Waals surface area contributed by atoms with Gasteiger partial charge in [-0.3, -0.25) is 0 Å². The van der Waals surface area contributed by atoms with Crippen molar-refractivity contribution in [3.63, 3.8) is 0 Å². The molecule has 0 radical (unpaired) electrons. The van der Waals surface area contributed by atoms with Crippen LogP contribution in [0, 0.1) is 0 Å². The Labute approximate surface area is 100 Å². The molecular weight excluding hydrogens is 224 g/mol. The van der Waals surface area contributed by atoms with Gasteiger partial charge in [-0.25, -0.2) is 8.42 Å². The summed E-state index contributed by atoms with van der Waals surface area (Å²) >= 11 is 0. The molecule has 0 spiro atoms. The minimum atomic E-state index is -2.91. The fourth-order valence-corrected chi connectivity index (χ4v) is 1.90. The van der Waals surface area contributed by atoms with Gasteiger partial charge in [-0.15, -0.1) is 0 Å². The molecule has 0 bridgehead atoms. The Morgan fingerprint density at radius 1 is 1.25 bits per heavy atom. The van der Waals surface area contributed by atoms with E-state index in [0.717, 1.165) is 6.54 Å².